The van der Waals surface area contributed by atoms with Gasteiger partial charge in [0.25, 0.3) is 0 Å². The zero-order valence-corrected chi connectivity index (χ0v) is 49.5. The Balaban J connectivity index is 4.16. The van der Waals surface area contributed by atoms with Gasteiger partial charge in [-0.1, -0.05) is 335 Å². The molecule has 5 heteroatoms. The van der Waals surface area contributed by atoms with Crippen molar-refractivity contribution in [1.29, 1.82) is 0 Å². The van der Waals surface area contributed by atoms with Gasteiger partial charge in [0.05, 0.1) is 0 Å². The Hall–Kier alpha value is -1.36. The Morgan fingerprint density at radius 1 is 0.278 bits per heavy atom. The third kappa shape index (κ3) is 61.2. The second kappa shape index (κ2) is 63.9. The number of unbranched alkanes of at least 4 members (excludes halogenated alkanes) is 50. The first-order valence-corrected chi connectivity index (χ1v) is 33.2. The second-order valence-electron chi connectivity index (χ2n) is 22.7. The molecular weight excluding hydrogens is 885 g/mol. The summed E-state index contributed by atoms with van der Waals surface area (Å²) in [5.41, 5.74) is 0. The summed E-state index contributed by atoms with van der Waals surface area (Å²) in [6.07, 6.45) is 77.1. The van der Waals surface area contributed by atoms with Gasteiger partial charge in [0.15, 0.2) is 0 Å². The topological polar surface area (TPSA) is 61.8 Å². The second-order valence-corrected chi connectivity index (χ2v) is 22.7. The number of hydrogen-bond donors (Lipinski definition) is 0. The molecule has 0 unspecified atom stereocenters. The molecule has 0 bridgehead atoms. The van der Waals surface area contributed by atoms with E-state index in [1.807, 2.05) is 0 Å². The van der Waals surface area contributed by atoms with Crippen molar-refractivity contribution in [2.75, 3.05) is 19.8 Å². The molecule has 0 saturated carbocycles. The molecule has 72 heavy (non-hydrogen) atoms. The van der Waals surface area contributed by atoms with Gasteiger partial charge >= 0.3 is 11.9 Å². The molecule has 428 valence electrons. The highest BCUT2D eigenvalue weighted by Gasteiger charge is 2.16. The van der Waals surface area contributed by atoms with E-state index in [1.54, 1.807) is 0 Å². The van der Waals surface area contributed by atoms with E-state index in [0.29, 0.717) is 19.4 Å². The summed E-state index contributed by atoms with van der Waals surface area (Å²) in [4.78, 5) is 25.4. The minimum atomic E-state index is -0.393. The van der Waals surface area contributed by atoms with Gasteiger partial charge in [-0.15, -0.1) is 0 Å². The predicted octanol–water partition coefficient (Wildman–Crippen LogP) is 22.9. The predicted molar refractivity (Wildman–Crippen MR) is 316 cm³/mol. The SMILES string of the molecule is CCCCCCCC/C=C\CCCCCCCCCCCC(=O)OC[C@H](COC(=O)CCCCCCCCCCCCCCCCCCCCCCC)OCCCCCCCCCCCCCCCCCC. The highest BCUT2D eigenvalue weighted by molar-refractivity contribution is 5.69. The van der Waals surface area contributed by atoms with Crippen LogP contribution >= 0.6 is 0 Å². The number of hydrogen-bond acceptors (Lipinski definition) is 5. The minimum absolute atomic E-state index is 0.152. The summed E-state index contributed by atoms with van der Waals surface area (Å²) in [5.74, 6) is -0.306. The fourth-order valence-electron chi connectivity index (χ4n) is 10.3. The van der Waals surface area contributed by atoms with Crippen molar-refractivity contribution in [2.45, 2.75) is 386 Å². The molecule has 0 amide bonds. The van der Waals surface area contributed by atoms with Crippen LogP contribution in [-0.2, 0) is 23.8 Å². The normalized spacial score (nSPS) is 12.1. The van der Waals surface area contributed by atoms with Crippen molar-refractivity contribution in [3.8, 4) is 0 Å². The lowest BCUT2D eigenvalue weighted by molar-refractivity contribution is -0.155. The standard InChI is InChI=1S/C67H130O5/c1-4-7-10-13-16-19-22-25-28-31-33-34-36-38-40-43-46-49-52-55-58-61-67(69)72-64-65(70-62-59-56-53-50-47-44-41-30-27-24-21-18-15-12-9-6-3)63-71-66(68)60-57-54-51-48-45-42-39-37-35-32-29-26-23-20-17-14-11-8-5-2/h26,29,65H,4-25,27-28,30-64H2,1-3H3/b29-26-/t65-/m1/s1. The highest BCUT2D eigenvalue weighted by atomic mass is 16.6. The summed E-state index contributed by atoms with van der Waals surface area (Å²) in [6, 6.07) is 0. The Morgan fingerprint density at radius 2 is 0.486 bits per heavy atom. The van der Waals surface area contributed by atoms with E-state index in [0.717, 1.165) is 38.5 Å². The van der Waals surface area contributed by atoms with Crippen molar-refractivity contribution >= 4 is 11.9 Å². The quantitative estimate of drug-likeness (QED) is 0.0345. The van der Waals surface area contributed by atoms with E-state index >= 15 is 0 Å². The lowest BCUT2D eigenvalue weighted by atomic mass is 10.0. The summed E-state index contributed by atoms with van der Waals surface area (Å²) in [5, 5.41) is 0. The molecule has 0 spiro atoms. The van der Waals surface area contributed by atoms with Crippen LogP contribution in [0.5, 0.6) is 0 Å². The van der Waals surface area contributed by atoms with Crippen LogP contribution in [0.4, 0.5) is 0 Å². The highest BCUT2D eigenvalue weighted by Crippen LogP contribution is 2.18. The smallest absolute Gasteiger partial charge is 0.305 e. The molecule has 0 aliphatic rings. The van der Waals surface area contributed by atoms with Crippen molar-refractivity contribution < 1.29 is 23.8 Å². The largest absolute Gasteiger partial charge is 0.463 e. The van der Waals surface area contributed by atoms with E-state index in [-0.39, 0.29) is 25.2 Å². The minimum Gasteiger partial charge on any atom is -0.463 e. The maximum Gasteiger partial charge on any atom is 0.305 e. The fourth-order valence-corrected chi connectivity index (χ4v) is 10.3. The van der Waals surface area contributed by atoms with Gasteiger partial charge in [0.1, 0.15) is 19.3 Å². The zero-order valence-electron chi connectivity index (χ0n) is 49.5. The molecule has 0 rings (SSSR count). The third-order valence-electron chi connectivity index (χ3n) is 15.3. The maximum atomic E-state index is 12.7. The molecule has 0 saturated heterocycles. The average molecular weight is 1020 g/mol. The van der Waals surface area contributed by atoms with Crippen LogP contribution in [0.1, 0.15) is 380 Å². The zero-order chi connectivity index (χ0) is 52.0. The van der Waals surface area contributed by atoms with Crippen LogP contribution < -0.4 is 0 Å². The molecule has 0 radical (unpaired) electrons. The molecule has 0 aromatic rings. The van der Waals surface area contributed by atoms with Gasteiger partial charge in [-0.25, -0.2) is 0 Å². The van der Waals surface area contributed by atoms with Crippen molar-refractivity contribution in [2.24, 2.45) is 0 Å². The van der Waals surface area contributed by atoms with Gasteiger partial charge in [-0.05, 0) is 44.9 Å². The van der Waals surface area contributed by atoms with Gasteiger partial charge in [-0.3, -0.25) is 9.59 Å². The number of esters is 2. The molecular formula is C67H130O5. The van der Waals surface area contributed by atoms with Gasteiger partial charge < -0.3 is 14.2 Å². The van der Waals surface area contributed by atoms with Gasteiger partial charge in [-0.2, -0.15) is 0 Å². The number of carbonyl (C=O) groups is 2. The fraction of sp³-hybridized carbons (Fsp3) is 0.940. The van der Waals surface area contributed by atoms with Crippen molar-refractivity contribution in [1.82, 2.24) is 0 Å². The van der Waals surface area contributed by atoms with Crippen LogP contribution in [-0.4, -0.2) is 37.9 Å². The van der Waals surface area contributed by atoms with Crippen molar-refractivity contribution in [3.63, 3.8) is 0 Å². The van der Waals surface area contributed by atoms with Gasteiger partial charge in [0, 0.05) is 19.4 Å². The van der Waals surface area contributed by atoms with Crippen LogP contribution in [0.2, 0.25) is 0 Å². The lowest BCUT2D eigenvalue weighted by Crippen LogP contribution is -2.29. The summed E-state index contributed by atoms with van der Waals surface area (Å²) < 4.78 is 17.6. The first kappa shape index (κ1) is 70.6. The van der Waals surface area contributed by atoms with Gasteiger partial charge in [0.2, 0.25) is 0 Å². The Bertz CT molecular complexity index is 1060. The maximum absolute atomic E-state index is 12.7. The van der Waals surface area contributed by atoms with E-state index in [1.165, 1.54) is 308 Å². The first-order valence-electron chi connectivity index (χ1n) is 33.2. The molecule has 0 aromatic heterocycles. The number of ether oxygens (including phenoxy) is 3. The number of carbonyl (C=O) groups excluding carboxylic acids is 2. The Labute approximate surface area is 452 Å². The molecule has 0 N–H and O–H groups in total. The van der Waals surface area contributed by atoms with Crippen LogP contribution in [0.3, 0.4) is 0 Å². The van der Waals surface area contributed by atoms with Crippen molar-refractivity contribution in [3.05, 3.63) is 12.2 Å². The van der Waals surface area contributed by atoms with Crippen LogP contribution in [0.15, 0.2) is 12.2 Å². The van der Waals surface area contributed by atoms with E-state index < -0.39 is 6.10 Å². The number of allylic oxidation sites excluding steroid dienone is 2. The molecule has 0 aliphatic heterocycles. The lowest BCUT2D eigenvalue weighted by Gasteiger charge is -2.18. The molecule has 0 aromatic carbocycles. The van der Waals surface area contributed by atoms with E-state index in [4.69, 9.17) is 14.2 Å². The summed E-state index contributed by atoms with van der Waals surface area (Å²) in [6.45, 7) is 7.83. The Kier molecular flexibility index (Phi) is 62.7. The Morgan fingerprint density at radius 3 is 0.736 bits per heavy atom. The summed E-state index contributed by atoms with van der Waals surface area (Å²) >= 11 is 0. The average Bonchev–Trinajstić information content (AvgIpc) is 3.38. The third-order valence-corrected chi connectivity index (χ3v) is 15.3. The van der Waals surface area contributed by atoms with Crippen LogP contribution in [0, 0.1) is 0 Å². The van der Waals surface area contributed by atoms with E-state index in [9.17, 15) is 9.59 Å². The molecule has 1 atom stereocenters. The first-order chi connectivity index (χ1) is 35.6. The molecule has 0 heterocycles. The molecule has 0 fully saturated rings. The van der Waals surface area contributed by atoms with Crippen LogP contribution in [0.25, 0.3) is 0 Å². The molecule has 5 nitrogen and oxygen atoms in total. The number of rotatable bonds is 63. The monoisotopic (exact) mass is 1010 g/mol. The molecule has 0 aliphatic carbocycles. The summed E-state index contributed by atoms with van der Waals surface area (Å²) in [7, 11) is 0. The van der Waals surface area contributed by atoms with E-state index in [2.05, 4.69) is 32.9 Å².